The third-order valence-electron chi connectivity index (χ3n) is 5.39. The highest BCUT2D eigenvalue weighted by atomic mass is 19.4. The number of imidazole rings is 1. The zero-order valence-corrected chi connectivity index (χ0v) is 16.8. The van der Waals surface area contributed by atoms with Crippen LogP contribution in [0.1, 0.15) is 24.2 Å². The third kappa shape index (κ3) is 4.52. The molecule has 7 nitrogen and oxygen atoms in total. The fourth-order valence-corrected chi connectivity index (χ4v) is 3.71. The van der Waals surface area contributed by atoms with E-state index in [9.17, 15) is 18.0 Å². The van der Waals surface area contributed by atoms with Gasteiger partial charge in [0.15, 0.2) is 0 Å². The fraction of sp³-hybridized carbons (Fsp3) is 0.333. The first kappa shape index (κ1) is 20.8. The summed E-state index contributed by atoms with van der Waals surface area (Å²) in [5.74, 6) is 1.48. The summed E-state index contributed by atoms with van der Waals surface area (Å²) in [5, 5.41) is 2.46. The number of aryl methyl sites for hydroxylation is 1. The van der Waals surface area contributed by atoms with Crippen molar-refractivity contribution in [3.05, 3.63) is 60.4 Å². The summed E-state index contributed by atoms with van der Waals surface area (Å²) < 4.78 is 41.3. The van der Waals surface area contributed by atoms with Crippen LogP contribution in [0.3, 0.4) is 0 Å². The molecule has 4 rings (SSSR count). The van der Waals surface area contributed by atoms with Crippen molar-refractivity contribution in [3.8, 4) is 5.82 Å². The monoisotopic (exact) mass is 430 g/mol. The molecule has 3 heterocycles. The molecule has 1 N–H and O–H groups in total. The topological polar surface area (TPSA) is 75.9 Å². The van der Waals surface area contributed by atoms with E-state index in [4.69, 9.17) is 0 Å². The Bertz CT molecular complexity index is 1070. The second kappa shape index (κ2) is 8.37. The number of carbonyl (C=O) groups excluding carboxylic acids is 1. The van der Waals surface area contributed by atoms with Gasteiger partial charge in [0.2, 0.25) is 5.91 Å². The quantitative estimate of drug-likeness (QED) is 0.681. The number of carbonyl (C=O) groups is 1. The number of nitrogens with one attached hydrogen (secondary N) is 1. The Morgan fingerprint density at radius 2 is 1.81 bits per heavy atom. The van der Waals surface area contributed by atoms with E-state index < -0.39 is 17.6 Å². The Morgan fingerprint density at radius 3 is 2.48 bits per heavy atom. The van der Waals surface area contributed by atoms with Gasteiger partial charge in [0.1, 0.15) is 23.8 Å². The minimum absolute atomic E-state index is 0.210. The van der Waals surface area contributed by atoms with Gasteiger partial charge in [0.25, 0.3) is 0 Å². The van der Waals surface area contributed by atoms with E-state index in [0.29, 0.717) is 31.7 Å². The lowest BCUT2D eigenvalue weighted by atomic mass is 9.95. The molecule has 0 unspecified atom stereocenters. The fourth-order valence-electron chi connectivity index (χ4n) is 3.71. The van der Waals surface area contributed by atoms with E-state index in [0.717, 1.165) is 17.7 Å². The van der Waals surface area contributed by atoms with Crippen LogP contribution in [0.2, 0.25) is 0 Å². The van der Waals surface area contributed by atoms with Gasteiger partial charge >= 0.3 is 6.18 Å². The number of alkyl halides is 3. The van der Waals surface area contributed by atoms with E-state index >= 15 is 0 Å². The highest BCUT2D eigenvalue weighted by molar-refractivity contribution is 5.93. The van der Waals surface area contributed by atoms with Crippen LogP contribution in [0.25, 0.3) is 5.82 Å². The Labute approximate surface area is 177 Å². The summed E-state index contributed by atoms with van der Waals surface area (Å²) in [7, 11) is 0. The van der Waals surface area contributed by atoms with E-state index in [2.05, 4.69) is 20.3 Å². The lowest BCUT2D eigenvalue weighted by Gasteiger charge is -2.32. The molecule has 1 amide bonds. The van der Waals surface area contributed by atoms with Crippen molar-refractivity contribution in [2.45, 2.75) is 25.9 Å². The van der Waals surface area contributed by atoms with E-state index in [1.54, 1.807) is 6.20 Å². The van der Waals surface area contributed by atoms with Gasteiger partial charge < -0.3 is 10.2 Å². The molecule has 0 saturated carbocycles. The highest BCUT2D eigenvalue weighted by Crippen LogP contribution is 2.35. The van der Waals surface area contributed by atoms with Crippen LogP contribution < -0.4 is 10.2 Å². The van der Waals surface area contributed by atoms with Crippen molar-refractivity contribution in [3.63, 3.8) is 0 Å². The highest BCUT2D eigenvalue weighted by Gasteiger charge is 2.34. The van der Waals surface area contributed by atoms with Crippen LogP contribution in [0.15, 0.2) is 49.1 Å². The lowest BCUT2D eigenvalue weighted by molar-refractivity contribution is -0.137. The van der Waals surface area contributed by atoms with Crippen LogP contribution in [-0.4, -0.2) is 38.5 Å². The number of amides is 1. The number of aromatic nitrogens is 4. The molecule has 0 aliphatic carbocycles. The first-order valence-corrected chi connectivity index (χ1v) is 9.87. The summed E-state index contributed by atoms with van der Waals surface area (Å²) >= 11 is 0. The number of piperidine rings is 1. The van der Waals surface area contributed by atoms with Crippen molar-refractivity contribution >= 4 is 17.4 Å². The van der Waals surface area contributed by atoms with Crippen molar-refractivity contribution in [1.82, 2.24) is 19.5 Å². The summed E-state index contributed by atoms with van der Waals surface area (Å²) in [4.78, 5) is 27.5. The zero-order valence-electron chi connectivity index (χ0n) is 16.8. The first-order chi connectivity index (χ1) is 14.8. The van der Waals surface area contributed by atoms with Crippen LogP contribution in [-0.2, 0) is 11.0 Å². The van der Waals surface area contributed by atoms with Gasteiger partial charge in [0, 0.05) is 37.5 Å². The Hall–Kier alpha value is -3.43. The van der Waals surface area contributed by atoms with Crippen molar-refractivity contribution in [2.24, 2.45) is 5.92 Å². The Balaban J connectivity index is 1.41. The van der Waals surface area contributed by atoms with E-state index in [1.165, 1.54) is 24.5 Å². The molecule has 1 aliphatic rings. The zero-order chi connectivity index (χ0) is 22.0. The molecular weight excluding hydrogens is 409 g/mol. The number of benzene rings is 1. The van der Waals surface area contributed by atoms with E-state index in [1.807, 2.05) is 28.7 Å². The smallest absolute Gasteiger partial charge is 0.356 e. The molecular formula is C21H21F3N6O. The Morgan fingerprint density at radius 1 is 1.10 bits per heavy atom. The average molecular weight is 430 g/mol. The number of nitrogens with zero attached hydrogens (tertiary/aromatic N) is 5. The molecule has 1 aromatic carbocycles. The predicted molar refractivity (Wildman–Crippen MR) is 109 cm³/mol. The second-order valence-corrected chi connectivity index (χ2v) is 7.37. The van der Waals surface area contributed by atoms with Gasteiger partial charge in [-0.15, -0.1) is 0 Å². The van der Waals surface area contributed by atoms with Crippen LogP contribution in [0, 0.1) is 12.8 Å². The molecule has 3 aromatic rings. The van der Waals surface area contributed by atoms with Gasteiger partial charge in [-0.2, -0.15) is 13.2 Å². The third-order valence-corrected chi connectivity index (χ3v) is 5.39. The predicted octanol–water partition coefficient (Wildman–Crippen LogP) is 3.84. The molecule has 0 radical (unpaired) electrons. The minimum atomic E-state index is -4.52. The van der Waals surface area contributed by atoms with Gasteiger partial charge in [-0.25, -0.2) is 15.0 Å². The second-order valence-electron chi connectivity index (χ2n) is 7.37. The molecule has 0 spiro atoms. The van der Waals surface area contributed by atoms with Gasteiger partial charge in [-0.3, -0.25) is 9.36 Å². The molecule has 31 heavy (non-hydrogen) atoms. The largest absolute Gasteiger partial charge is 0.418 e. The lowest BCUT2D eigenvalue weighted by Crippen LogP contribution is -2.38. The van der Waals surface area contributed by atoms with Gasteiger partial charge in [0.05, 0.1) is 11.3 Å². The average Bonchev–Trinajstić information content (AvgIpc) is 3.19. The molecule has 0 bridgehead atoms. The van der Waals surface area contributed by atoms with Crippen LogP contribution in [0.4, 0.5) is 24.7 Å². The van der Waals surface area contributed by atoms with Gasteiger partial charge in [-0.1, -0.05) is 12.1 Å². The van der Waals surface area contributed by atoms with Crippen LogP contribution in [0.5, 0.6) is 0 Å². The standard InChI is InChI=1S/C21H21F3N6O/c1-14-25-8-11-30(14)19-12-18(26-13-27-19)29-9-6-15(7-10-29)20(31)28-17-5-3-2-4-16(17)21(22,23)24/h2-5,8,11-13,15H,6-7,9-10H2,1H3,(H,28,31). The summed E-state index contributed by atoms with van der Waals surface area (Å²) in [6.07, 6.45) is 1.50. The maximum atomic E-state index is 13.2. The van der Waals surface area contributed by atoms with Gasteiger partial charge in [-0.05, 0) is 31.9 Å². The Kier molecular flexibility index (Phi) is 5.62. The SMILES string of the molecule is Cc1nccn1-c1cc(N2CCC(C(=O)Nc3ccccc3C(F)(F)F)CC2)ncn1. The molecule has 1 aliphatic heterocycles. The van der Waals surface area contributed by atoms with Crippen molar-refractivity contribution < 1.29 is 18.0 Å². The molecule has 162 valence electrons. The number of hydrogen-bond donors (Lipinski definition) is 1. The van der Waals surface area contributed by atoms with Crippen molar-refractivity contribution in [1.29, 1.82) is 0 Å². The normalized spacial score (nSPS) is 15.2. The summed E-state index contributed by atoms with van der Waals surface area (Å²) in [6, 6.07) is 6.87. The maximum Gasteiger partial charge on any atom is 0.418 e. The summed E-state index contributed by atoms with van der Waals surface area (Å²) in [6.45, 7) is 3.01. The number of para-hydroxylation sites is 1. The number of anilines is 2. The molecule has 10 heteroatoms. The number of hydrogen-bond acceptors (Lipinski definition) is 5. The first-order valence-electron chi connectivity index (χ1n) is 9.87. The molecule has 1 saturated heterocycles. The number of halogens is 3. The number of rotatable bonds is 4. The summed E-state index contributed by atoms with van der Waals surface area (Å²) in [5.41, 5.74) is -1.05. The minimum Gasteiger partial charge on any atom is -0.356 e. The van der Waals surface area contributed by atoms with E-state index in [-0.39, 0.29) is 11.6 Å². The van der Waals surface area contributed by atoms with Crippen LogP contribution >= 0.6 is 0 Å². The maximum absolute atomic E-state index is 13.2. The molecule has 0 atom stereocenters. The molecule has 2 aromatic heterocycles. The molecule has 1 fully saturated rings. The van der Waals surface area contributed by atoms with Crippen molar-refractivity contribution in [2.75, 3.05) is 23.3 Å².